The maximum Gasteiger partial charge on any atom is 0.236 e. The first-order valence-electron chi connectivity index (χ1n) is 8.94. The fourth-order valence-electron chi connectivity index (χ4n) is 5.37. The zero-order chi connectivity index (χ0) is 17.7. The minimum atomic E-state index is -0.463. The molecule has 26 heavy (non-hydrogen) atoms. The second-order valence-corrected chi connectivity index (χ2v) is 7.66. The van der Waals surface area contributed by atoms with Crippen molar-refractivity contribution in [2.75, 3.05) is 13.1 Å². The molecule has 6 rings (SSSR count). The molecule has 0 spiro atoms. The van der Waals surface area contributed by atoms with Gasteiger partial charge in [-0.1, -0.05) is 24.3 Å². The van der Waals surface area contributed by atoms with Crippen LogP contribution in [0.3, 0.4) is 0 Å². The topological polar surface area (TPSA) is 93.2 Å². The molecule has 8 heteroatoms. The van der Waals surface area contributed by atoms with Crippen LogP contribution in [0.25, 0.3) is 0 Å². The number of hydrogen-bond acceptors (Lipinski definition) is 6. The fraction of sp³-hybridized carbons (Fsp3) is 0.556. The van der Waals surface area contributed by atoms with Crippen molar-refractivity contribution in [1.29, 1.82) is 0 Å². The zero-order valence-electron chi connectivity index (χ0n) is 13.7. The second kappa shape index (κ2) is 4.69. The standard InChI is InChI=1S/C18H16N2O6/c21-15-11-7-1-2-8(25-7)12(11)16(22)19(15)5-6-20-17(23)13-9-3-4-10(26-9)14(13)18(20)24/h1-4,7-14H,5-6H2/t7-,8-,9-,10+,11-,12+,13-,14+/m0/s1. The largest absolute Gasteiger partial charge is 0.365 e. The number of nitrogens with zero attached hydrogens (tertiary/aromatic N) is 2. The van der Waals surface area contributed by atoms with Gasteiger partial charge >= 0.3 is 0 Å². The maximum atomic E-state index is 12.6. The Morgan fingerprint density at radius 3 is 1.12 bits per heavy atom. The molecule has 4 fully saturated rings. The Balaban J connectivity index is 1.19. The summed E-state index contributed by atoms with van der Waals surface area (Å²) < 4.78 is 11.2. The smallest absolute Gasteiger partial charge is 0.236 e. The Labute approximate surface area is 148 Å². The second-order valence-electron chi connectivity index (χ2n) is 7.66. The normalized spacial score (nSPS) is 47.1. The van der Waals surface area contributed by atoms with Gasteiger partial charge in [0, 0.05) is 13.1 Å². The average Bonchev–Trinajstić information content (AvgIpc) is 3.43. The molecule has 6 heterocycles. The Bertz CT molecular complexity index is 706. The van der Waals surface area contributed by atoms with Crippen molar-refractivity contribution in [3.05, 3.63) is 24.3 Å². The van der Waals surface area contributed by atoms with Crippen molar-refractivity contribution in [2.24, 2.45) is 23.7 Å². The lowest BCUT2D eigenvalue weighted by Gasteiger charge is -2.22. The predicted molar refractivity (Wildman–Crippen MR) is 83.0 cm³/mol. The van der Waals surface area contributed by atoms with Crippen molar-refractivity contribution in [2.45, 2.75) is 24.4 Å². The van der Waals surface area contributed by atoms with Crippen molar-refractivity contribution in [1.82, 2.24) is 9.80 Å². The molecule has 0 saturated carbocycles. The molecule has 4 saturated heterocycles. The van der Waals surface area contributed by atoms with Crippen molar-refractivity contribution < 1.29 is 28.7 Å². The molecule has 8 atom stereocenters. The zero-order valence-corrected chi connectivity index (χ0v) is 13.7. The quantitative estimate of drug-likeness (QED) is 0.469. The molecule has 6 aliphatic rings. The van der Waals surface area contributed by atoms with E-state index in [1.165, 1.54) is 9.80 Å². The average molecular weight is 356 g/mol. The monoisotopic (exact) mass is 356 g/mol. The van der Waals surface area contributed by atoms with Crippen LogP contribution in [0, 0.1) is 23.7 Å². The Morgan fingerprint density at radius 2 is 0.846 bits per heavy atom. The highest BCUT2D eigenvalue weighted by atomic mass is 16.5. The van der Waals surface area contributed by atoms with Gasteiger partial charge in [-0.3, -0.25) is 29.0 Å². The fourth-order valence-corrected chi connectivity index (χ4v) is 5.37. The third-order valence-electron chi connectivity index (χ3n) is 6.55. The molecular formula is C18H16N2O6. The number of carbonyl (C=O) groups is 4. The molecule has 0 N–H and O–H groups in total. The number of carbonyl (C=O) groups excluding carboxylic acids is 4. The Morgan fingerprint density at radius 1 is 0.577 bits per heavy atom. The van der Waals surface area contributed by atoms with Crippen molar-refractivity contribution in [3.63, 3.8) is 0 Å². The predicted octanol–water partition coefficient (Wildman–Crippen LogP) is -1.14. The van der Waals surface area contributed by atoms with Crippen molar-refractivity contribution >= 4 is 23.6 Å². The van der Waals surface area contributed by atoms with E-state index >= 15 is 0 Å². The lowest BCUT2D eigenvalue weighted by molar-refractivity contribution is -0.147. The van der Waals surface area contributed by atoms with Crippen LogP contribution in [0.1, 0.15) is 0 Å². The first-order chi connectivity index (χ1) is 12.6. The molecule has 0 unspecified atom stereocenters. The summed E-state index contributed by atoms with van der Waals surface area (Å²) in [4.78, 5) is 52.9. The van der Waals surface area contributed by atoms with Gasteiger partial charge in [-0.05, 0) is 0 Å². The van der Waals surface area contributed by atoms with E-state index in [1.807, 2.05) is 24.3 Å². The summed E-state index contributed by atoms with van der Waals surface area (Å²) in [5.74, 6) is -2.90. The summed E-state index contributed by atoms with van der Waals surface area (Å²) in [6.45, 7) is 0.0926. The molecule has 4 bridgehead atoms. The molecule has 0 aromatic carbocycles. The number of imide groups is 2. The maximum absolute atomic E-state index is 12.6. The molecule has 134 valence electrons. The van der Waals surface area contributed by atoms with Gasteiger partial charge in [0.2, 0.25) is 23.6 Å². The number of ether oxygens (including phenoxy) is 2. The Hall–Kier alpha value is -2.32. The van der Waals surface area contributed by atoms with Crippen LogP contribution in [0.15, 0.2) is 24.3 Å². The molecule has 8 nitrogen and oxygen atoms in total. The number of hydrogen-bond donors (Lipinski definition) is 0. The summed E-state index contributed by atoms with van der Waals surface area (Å²) in [6, 6.07) is 0. The molecule has 4 amide bonds. The van der Waals surface area contributed by atoms with Crippen LogP contribution < -0.4 is 0 Å². The summed E-state index contributed by atoms with van der Waals surface area (Å²) in [6.07, 6.45) is 5.99. The van der Waals surface area contributed by atoms with Gasteiger partial charge in [0.1, 0.15) is 0 Å². The highest BCUT2D eigenvalue weighted by molar-refractivity contribution is 6.08. The Kier molecular flexibility index (Phi) is 2.67. The summed E-state index contributed by atoms with van der Waals surface area (Å²) in [5, 5.41) is 0. The third-order valence-corrected chi connectivity index (χ3v) is 6.55. The third kappa shape index (κ3) is 1.58. The lowest BCUT2D eigenvalue weighted by atomic mass is 9.85. The first-order valence-corrected chi connectivity index (χ1v) is 8.94. The van der Waals surface area contributed by atoms with E-state index in [1.54, 1.807) is 0 Å². The lowest BCUT2D eigenvalue weighted by Crippen LogP contribution is -2.43. The highest BCUT2D eigenvalue weighted by Crippen LogP contribution is 2.46. The number of amides is 4. The van der Waals surface area contributed by atoms with E-state index < -0.39 is 23.7 Å². The van der Waals surface area contributed by atoms with Crippen LogP contribution in [-0.2, 0) is 28.7 Å². The highest BCUT2D eigenvalue weighted by Gasteiger charge is 2.62. The molecule has 0 aromatic heterocycles. The SMILES string of the molecule is O=C1[C@@H]2[C@H](C(=O)N1CCN1C(=O)[C@@H]3[C@H](C1=O)[C@H]1C=C[C@@H]3O1)[C@@H]1C=C[C@@H]2O1. The summed E-state index contributed by atoms with van der Waals surface area (Å²) in [5.41, 5.74) is 0. The summed E-state index contributed by atoms with van der Waals surface area (Å²) >= 11 is 0. The first kappa shape index (κ1) is 14.8. The van der Waals surface area contributed by atoms with Gasteiger partial charge in [-0.25, -0.2) is 0 Å². The van der Waals surface area contributed by atoms with Gasteiger partial charge in [-0.2, -0.15) is 0 Å². The van der Waals surface area contributed by atoms with E-state index in [9.17, 15) is 19.2 Å². The van der Waals surface area contributed by atoms with Gasteiger partial charge in [0.15, 0.2) is 0 Å². The van der Waals surface area contributed by atoms with Gasteiger partial charge in [-0.15, -0.1) is 0 Å². The van der Waals surface area contributed by atoms with E-state index in [0.717, 1.165) is 0 Å². The van der Waals surface area contributed by atoms with Gasteiger partial charge in [0.25, 0.3) is 0 Å². The molecular weight excluding hydrogens is 340 g/mol. The van der Waals surface area contributed by atoms with Crippen LogP contribution in [-0.4, -0.2) is 70.9 Å². The molecule has 0 aliphatic carbocycles. The van der Waals surface area contributed by atoms with Crippen LogP contribution >= 0.6 is 0 Å². The van der Waals surface area contributed by atoms with Crippen molar-refractivity contribution in [3.8, 4) is 0 Å². The molecule has 0 aromatic rings. The van der Waals surface area contributed by atoms with Gasteiger partial charge < -0.3 is 9.47 Å². The van der Waals surface area contributed by atoms with E-state index in [-0.39, 0.29) is 61.1 Å². The van der Waals surface area contributed by atoms with E-state index in [4.69, 9.17) is 9.47 Å². The number of fused-ring (bicyclic) bond motifs is 10. The minimum Gasteiger partial charge on any atom is -0.365 e. The van der Waals surface area contributed by atoms with Crippen LogP contribution in [0.5, 0.6) is 0 Å². The van der Waals surface area contributed by atoms with Crippen LogP contribution in [0.4, 0.5) is 0 Å². The van der Waals surface area contributed by atoms with E-state index in [2.05, 4.69) is 0 Å². The minimum absolute atomic E-state index is 0.0463. The number of likely N-dealkylation sites (tertiary alicyclic amines) is 2. The molecule has 6 aliphatic heterocycles. The van der Waals surface area contributed by atoms with E-state index in [0.29, 0.717) is 0 Å². The van der Waals surface area contributed by atoms with Crippen LogP contribution in [0.2, 0.25) is 0 Å². The number of rotatable bonds is 3. The molecule has 0 radical (unpaired) electrons. The summed E-state index contributed by atoms with van der Waals surface area (Å²) in [7, 11) is 0. The van der Waals surface area contributed by atoms with Gasteiger partial charge in [0.05, 0.1) is 48.1 Å².